The van der Waals surface area contributed by atoms with Gasteiger partial charge in [-0.15, -0.1) is 0 Å². The molecule has 0 saturated carbocycles. The second-order valence-electron chi connectivity index (χ2n) is 3.13. The second kappa shape index (κ2) is 5.99. The van der Waals surface area contributed by atoms with E-state index >= 15 is 0 Å². The first-order valence-corrected chi connectivity index (χ1v) is 5.57. The van der Waals surface area contributed by atoms with Crippen LogP contribution < -0.4 is 5.32 Å². The van der Waals surface area contributed by atoms with E-state index < -0.39 is 0 Å². The fourth-order valence-corrected chi connectivity index (χ4v) is 1.55. The number of halogens is 1. The zero-order valence-corrected chi connectivity index (χ0v) is 9.79. The number of benzene rings is 1. The number of rotatable bonds is 4. The lowest BCUT2D eigenvalue weighted by Gasteiger charge is -2.08. The van der Waals surface area contributed by atoms with Gasteiger partial charge >= 0.3 is 0 Å². The first kappa shape index (κ1) is 11.5. The first-order valence-electron chi connectivity index (χ1n) is 4.78. The minimum atomic E-state index is 0.714. The number of anilines is 1. The average molecular weight is 228 g/mol. The molecule has 76 valence electrons. The van der Waals surface area contributed by atoms with Gasteiger partial charge in [0.15, 0.2) is 0 Å². The van der Waals surface area contributed by atoms with Crippen LogP contribution in [0.1, 0.15) is 26.2 Å². The molecule has 0 spiro atoms. The van der Waals surface area contributed by atoms with Crippen LogP contribution in [-0.2, 0) is 0 Å². The van der Waals surface area contributed by atoms with E-state index in [1.54, 1.807) is 0 Å². The van der Waals surface area contributed by atoms with Gasteiger partial charge in [-0.05, 0) is 25.0 Å². The van der Waals surface area contributed by atoms with Gasteiger partial charge in [0, 0.05) is 0 Å². The van der Waals surface area contributed by atoms with Crippen molar-refractivity contribution in [2.75, 3.05) is 5.32 Å². The van der Waals surface area contributed by atoms with Crippen molar-refractivity contribution in [3.05, 3.63) is 29.3 Å². The van der Waals surface area contributed by atoms with E-state index in [0.717, 1.165) is 29.9 Å². The first-order chi connectivity index (χ1) is 6.74. The fraction of sp³-hybridized carbons (Fsp3) is 0.364. The van der Waals surface area contributed by atoms with E-state index in [1.807, 2.05) is 24.3 Å². The summed E-state index contributed by atoms with van der Waals surface area (Å²) in [6, 6.07) is 7.63. The van der Waals surface area contributed by atoms with E-state index in [4.69, 9.17) is 23.8 Å². The van der Waals surface area contributed by atoms with Crippen molar-refractivity contribution < 1.29 is 0 Å². The molecule has 0 amide bonds. The highest BCUT2D eigenvalue weighted by Gasteiger charge is 2.00. The second-order valence-corrected chi connectivity index (χ2v) is 4.03. The summed E-state index contributed by atoms with van der Waals surface area (Å²) in [6.45, 7) is 2.15. The standard InChI is InChI=1S/C11H14ClNS/c1-2-3-8-11(14)13-10-7-5-4-6-9(10)12/h4-7H,2-3,8H2,1H3,(H,13,14). The summed E-state index contributed by atoms with van der Waals surface area (Å²) in [4.78, 5) is 0.861. The summed E-state index contributed by atoms with van der Waals surface area (Å²) < 4.78 is 0. The molecule has 3 heteroatoms. The molecule has 1 aromatic rings. The summed E-state index contributed by atoms with van der Waals surface area (Å²) >= 11 is 11.2. The number of para-hydroxylation sites is 1. The molecule has 0 aliphatic rings. The normalized spacial score (nSPS) is 9.86. The van der Waals surface area contributed by atoms with Crippen LogP contribution in [-0.4, -0.2) is 4.99 Å². The van der Waals surface area contributed by atoms with Crippen molar-refractivity contribution in [3.8, 4) is 0 Å². The van der Waals surface area contributed by atoms with Crippen LogP contribution in [0.3, 0.4) is 0 Å². The van der Waals surface area contributed by atoms with Gasteiger partial charge in [-0.2, -0.15) is 0 Å². The van der Waals surface area contributed by atoms with Crippen LogP contribution >= 0.6 is 23.8 Å². The van der Waals surface area contributed by atoms with Crippen LogP contribution in [0.25, 0.3) is 0 Å². The number of hydrogen-bond donors (Lipinski definition) is 1. The minimum Gasteiger partial charge on any atom is -0.349 e. The molecule has 0 aliphatic heterocycles. The van der Waals surface area contributed by atoms with Gasteiger partial charge in [-0.25, -0.2) is 0 Å². The molecular weight excluding hydrogens is 214 g/mol. The largest absolute Gasteiger partial charge is 0.349 e. The van der Waals surface area contributed by atoms with Crippen molar-refractivity contribution >= 4 is 34.5 Å². The fourth-order valence-electron chi connectivity index (χ4n) is 1.11. The van der Waals surface area contributed by atoms with E-state index in [0.29, 0.717) is 5.02 Å². The maximum atomic E-state index is 5.98. The Balaban J connectivity index is 2.52. The molecule has 14 heavy (non-hydrogen) atoms. The number of thiocarbonyl (C=S) groups is 1. The minimum absolute atomic E-state index is 0.714. The molecule has 0 heterocycles. The average Bonchev–Trinajstić information content (AvgIpc) is 2.18. The van der Waals surface area contributed by atoms with Gasteiger partial charge in [0.25, 0.3) is 0 Å². The molecule has 1 nitrogen and oxygen atoms in total. The van der Waals surface area contributed by atoms with Crippen LogP contribution in [0.5, 0.6) is 0 Å². The lowest BCUT2D eigenvalue weighted by Crippen LogP contribution is -2.08. The van der Waals surface area contributed by atoms with Crippen LogP contribution in [0, 0.1) is 0 Å². The quantitative estimate of drug-likeness (QED) is 0.771. The third kappa shape index (κ3) is 3.64. The molecule has 1 N–H and O–H groups in total. The predicted molar refractivity (Wildman–Crippen MR) is 67.2 cm³/mol. The van der Waals surface area contributed by atoms with E-state index in [1.165, 1.54) is 0 Å². The summed E-state index contributed by atoms with van der Waals surface area (Å²) in [7, 11) is 0. The summed E-state index contributed by atoms with van der Waals surface area (Å²) in [6.07, 6.45) is 3.21. The molecule has 1 rings (SSSR count). The Bertz CT molecular complexity index is 312. The Morgan fingerprint density at radius 2 is 2.14 bits per heavy atom. The molecule has 1 aromatic carbocycles. The Morgan fingerprint density at radius 3 is 2.79 bits per heavy atom. The molecule has 0 bridgehead atoms. The highest BCUT2D eigenvalue weighted by atomic mass is 35.5. The number of unbranched alkanes of at least 4 members (excludes halogenated alkanes) is 1. The van der Waals surface area contributed by atoms with Crippen LogP contribution in [0.15, 0.2) is 24.3 Å². The number of nitrogens with one attached hydrogen (secondary N) is 1. The highest BCUT2D eigenvalue weighted by Crippen LogP contribution is 2.20. The maximum absolute atomic E-state index is 5.98. The van der Waals surface area contributed by atoms with Gasteiger partial charge in [-0.3, -0.25) is 0 Å². The molecule has 0 fully saturated rings. The van der Waals surface area contributed by atoms with E-state index in [-0.39, 0.29) is 0 Å². The molecule has 0 radical (unpaired) electrons. The predicted octanol–water partition coefficient (Wildman–Crippen LogP) is 4.27. The van der Waals surface area contributed by atoms with E-state index in [9.17, 15) is 0 Å². The van der Waals surface area contributed by atoms with E-state index in [2.05, 4.69) is 12.2 Å². The third-order valence-electron chi connectivity index (χ3n) is 1.91. The highest BCUT2D eigenvalue weighted by molar-refractivity contribution is 7.80. The van der Waals surface area contributed by atoms with Crippen molar-refractivity contribution in [2.24, 2.45) is 0 Å². The maximum Gasteiger partial charge on any atom is 0.0797 e. The van der Waals surface area contributed by atoms with Gasteiger partial charge < -0.3 is 5.32 Å². The summed E-state index contributed by atoms with van der Waals surface area (Å²) in [5.41, 5.74) is 0.898. The van der Waals surface area contributed by atoms with Crippen molar-refractivity contribution in [2.45, 2.75) is 26.2 Å². The van der Waals surface area contributed by atoms with Crippen molar-refractivity contribution in [1.82, 2.24) is 0 Å². The topological polar surface area (TPSA) is 12.0 Å². The Hall–Kier alpha value is -0.600. The third-order valence-corrected chi connectivity index (χ3v) is 2.54. The van der Waals surface area contributed by atoms with Crippen molar-refractivity contribution in [3.63, 3.8) is 0 Å². The molecule has 0 atom stereocenters. The van der Waals surface area contributed by atoms with Gasteiger partial charge in [-0.1, -0.05) is 49.3 Å². The van der Waals surface area contributed by atoms with Crippen molar-refractivity contribution in [1.29, 1.82) is 0 Å². The lowest BCUT2D eigenvalue weighted by atomic mass is 10.2. The zero-order valence-electron chi connectivity index (χ0n) is 8.22. The molecule has 0 unspecified atom stereocenters. The Kier molecular flexibility index (Phi) is 4.91. The molecular formula is C11H14ClNS. The molecule has 0 aliphatic carbocycles. The summed E-state index contributed by atoms with van der Waals surface area (Å²) in [5.74, 6) is 0. The summed E-state index contributed by atoms with van der Waals surface area (Å²) in [5, 5.41) is 3.86. The Morgan fingerprint density at radius 1 is 1.43 bits per heavy atom. The lowest BCUT2D eigenvalue weighted by molar-refractivity contribution is 0.839. The SMILES string of the molecule is CCCCC(=S)Nc1ccccc1Cl. The van der Waals surface area contributed by atoms with Gasteiger partial charge in [0.05, 0.1) is 15.7 Å². The number of hydrogen-bond acceptors (Lipinski definition) is 1. The Labute approximate surface area is 95.5 Å². The van der Waals surface area contributed by atoms with Gasteiger partial charge in [0.2, 0.25) is 0 Å². The molecule has 0 saturated heterocycles. The van der Waals surface area contributed by atoms with Gasteiger partial charge in [0.1, 0.15) is 0 Å². The monoisotopic (exact) mass is 227 g/mol. The smallest absolute Gasteiger partial charge is 0.0797 e. The van der Waals surface area contributed by atoms with Crippen LogP contribution in [0.4, 0.5) is 5.69 Å². The van der Waals surface area contributed by atoms with Crippen LogP contribution in [0.2, 0.25) is 5.02 Å². The molecule has 0 aromatic heterocycles. The zero-order chi connectivity index (χ0) is 10.4.